The number of aryl methyl sites for hydroxylation is 3. The molecule has 0 aliphatic rings. The second-order valence-corrected chi connectivity index (χ2v) is 5.43. The maximum atomic E-state index is 12.1. The number of thiophene rings is 1. The molecule has 2 heteroatoms. The minimum absolute atomic E-state index is 0.0697. The van der Waals surface area contributed by atoms with Crippen molar-refractivity contribution in [1.29, 1.82) is 0 Å². The minimum Gasteiger partial charge on any atom is -0.289 e. The Morgan fingerprint density at radius 3 is 2.50 bits per heavy atom. The summed E-state index contributed by atoms with van der Waals surface area (Å²) in [6.07, 6.45) is 3.57. The summed E-state index contributed by atoms with van der Waals surface area (Å²) < 4.78 is 0. The minimum atomic E-state index is 0.0697. The molecule has 0 bridgehead atoms. The summed E-state index contributed by atoms with van der Waals surface area (Å²) in [4.78, 5) is 13.2. The number of rotatable bonds is 3. The Morgan fingerprint density at radius 1 is 1.11 bits per heavy atom. The predicted octanol–water partition coefficient (Wildman–Crippen LogP) is 4.57. The maximum absolute atomic E-state index is 12.1. The van der Waals surface area contributed by atoms with Gasteiger partial charge in [-0.3, -0.25) is 4.79 Å². The zero-order valence-electron chi connectivity index (χ0n) is 10.9. The number of benzene rings is 1. The summed E-state index contributed by atoms with van der Waals surface area (Å²) in [5.74, 6) is 0.0697. The SMILES string of the molecule is Cc1ccc(C(=O)C=Cc2sccc2C)c(C)c1. The van der Waals surface area contributed by atoms with Gasteiger partial charge in [-0.25, -0.2) is 0 Å². The van der Waals surface area contributed by atoms with Crippen molar-refractivity contribution in [3.8, 4) is 0 Å². The van der Waals surface area contributed by atoms with E-state index >= 15 is 0 Å². The summed E-state index contributed by atoms with van der Waals surface area (Å²) in [6, 6.07) is 7.98. The number of allylic oxidation sites excluding steroid dienone is 1. The van der Waals surface area contributed by atoms with Crippen LogP contribution in [0.5, 0.6) is 0 Å². The van der Waals surface area contributed by atoms with Gasteiger partial charge in [0, 0.05) is 10.4 Å². The van der Waals surface area contributed by atoms with Crippen LogP contribution in [0.1, 0.15) is 31.9 Å². The molecule has 0 aliphatic heterocycles. The fourth-order valence-corrected chi connectivity index (χ4v) is 2.71. The summed E-state index contributed by atoms with van der Waals surface area (Å²) in [6.45, 7) is 6.06. The van der Waals surface area contributed by atoms with Crippen molar-refractivity contribution in [3.63, 3.8) is 0 Å². The van der Waals surface area contributed by atoms with Gasteiger partial charge in [-0.05, 0) is 55.5 Å². The highest BCUT2D eigenvalue weighted by Crippen LogP contribution is 2.18. The fourth-order valence-electron chi connectivity index (χ4n) is 1.89. The van der Waals surface area contributed by atoms with Gasteiger partial charge in [0.2, 0.25) is 0 Å². The van der Waals surface area contributed by atoms with Crippen LogP contribution >= 0.6 is 11.3 Å². The molecule has 92 valence electrons. The van der Waals surface area contributed by atoms with E-state index in [1.807, 2.05) is 43.5 Å². The molecule has 1 aromatic carbocycles. The summed E-state index contributed by atoms with van der Waals surface area (Å²) in [5.41, 5.74) is 4.21. The molecule has 0 atom stereocenters. The molecule has 0 fully saturated rings. The Hall–Kier alpha value is -1.67. The Kier molecular flexibility index (Phi) is 3.78. The second-order valence-electron chi connectivity index (χ2n) is 4.48. The van der Waals surface area contributed by atoms with E-state index < -0.39 is 0 Å². The number of hydrogen-bond donors (Lipinski definition) is 0. The molecule has 0 N–H and O–H groups in total. The van der Waals surface area contributed by atoms with Crippen molar-refractivity contribution in [2.24, 2.45) is 0 Å². The van der Waals surface area contributed by atoms with Crippen LogP contribution in [0.15, 0.2) is 35.7 Å². The lowest BCUT2D eigenvalue weighted by molar-refractivity contribution is 0.104. The average molecular weight is 256 g/mol. The molecule has 0 saturated carbocycles. The molecule has 1 aromatic heterocycles. The van der Waals surface area contributed by atoms with Gasteiger partial charge in [-0.15, -0.1) is 11.3 Å². The van der Waals surface area contributed by atoms with Crippen LogP contribution in [0.4, 0.5) is 0 Å². The summed E-state index contributed by atoms with van der Waals surface area (Å²) in [5, 5.41) is 2.04. The van der Waals surface area contributed by atoms with Gasteiger partial charge in [-0.2, -0.15) is 0 Å². The highest BCUT2D eigenvalue weighted by atomic mass is 32.1. The molecule has 0 unspecified atom stereocenters. The van der Waals surface area contributed by atoms with Gasteiger partial charge < -0.3 is 0 Å². The zero-order chi connectivity index (χ0) is 13.1. The molecule has 0 spiro atoms. The monoisotopic (exact) mass is 256 g/mol. The largest absolute Gasteiger partial charge is 0.289 e. The molecule has 0 aliphatic carbocycles. The third kappa shape index (κ3) is 2.77. The Labute approximate surface area is 112 Å². The van der Waals surface area contributed by atoms with E-state index in [-0.39, 0.29) is 5.78 Å². The van der Waals surface area contributed by atoms with Crippen LogP contribution in [0, 0.1) is 20.8 Å². The van der Waals surface area contributed by atoms with Crippen molar-refractivity contribution in [2.45, 2.75) is 20.8 Å². The Balaban J connectivity index is 2.22. The van der Waals surface area contributed by atoms with Gasteiger partial charge >= 0.3 is 0 Å². The first-order valence-electron chi connectivity index (χ1n) is 5.91. The molecule has 1 heterocycles. The molecule has 1 nitrogen and oxygen atoms in total. The van der Waals surface area contributed by atoms with Crippen molar-refractivity contribution in [2.75, 3.05) is 0 Å². The highest BCUT2D eigenvalue weighted by Gasteiger charge is 2.05. The van der Waals surface area contributed by atoms with E-state index in [1.165, 1.54) is 11.1 Å². The number of carbonyl (C=O) groups excluding carboxylic acids is 1. The molecule has 2 aromatic rings. The first kappa shape index (κ1) is 12.8. The van der Waals surface area contributed by atoms with E-state index in [1.54, 1.807) is 17.4 Å². The standard InChI is InChI=1S/C16H16OS/c1-11-4-5-14(13(3)10-11)15(17)6-7-16-12(2)8-9-18-16/h4-10H,1-3H3. The molecule has 2 rings (SSSR count). The quantitative estimate of drug-likeness (QED) is 0.580. The predicted molar refractivity (Wildman–Crippen MR) is 78.3 cm³/mol. The first-order valence-corrected chi connectivity index (χ1v) is 6.79. The summed E-state index contributed by atoms with van der Waals surface area (Å²) >= 11 is 1.65. The highest BCUT2D eigenvalue weighted by molar-refractivity contribution is 7.11. The molecular weight excluding hydrogens is 240 g/mol. The fraction of sp³-hybridized carbons (Fsp3) is 0.188. The Morgan fingerprint density at radius 2 is 1.89 bits per heavy atom. The van der Waals surface area contributed by atoms with Gasteiger partial charge in [0.15, 0.2) is 5.78 Å². The molecule has 0 saturated heterocycles. The number of carbonyl (C=O) groups is 1. The van der Waals surface area contributed by atoms with Crippen molar-refractivity contribution < 1.29 is 4.79 Å². The normalized spacial score (nSPS) is 11.1. The topological polar surface area (TPSA) is 17.1 Å². The van der Waals surface area contributed by atoms with Gasteiger partial charge in [0.25, 0.3) is 0 Å². The Bertz CT molecular complexity index is 605. The molecule has 18 heavy (non-hydrogen) atoms. The number of ketones is 1. The zero-order valence-corrected chi connectivity index (χ0v) is 11.7. The summed E-state index contributed by atoms with van der Waals surface area (Å²) in [7, 11) is 0. The average Bonchev–Trinajstić information content (AvgIpc) is 2.72. The van der Waals surface area contributed by atoms with Gasteiger partial charge in [0.1, 0.15) is 0 Å². The third-order valence-corrected chi connectivity index (χ3v) is 3.92. The van der Waals surface area contributed by atoms with Crippen molar-refractivity contribution in [3.05, 3.63) is 62.9 Å². The van der Waals surface area contributed by atoms with Crippen molar-refractivity contribution in [1.82, 2.24) is 0 Å². The van der Waals surface area contributed by atoms with Crippen molar-refractivity contribution >= 4 is 23.2 Å². The van der Waals surface area contributed by atoms with Crippen LogP contribution in [0.25, 0.3) is 6.08 Å². The van der Waals surface area contributed by atoms with E-state index in [4.69, 9.17) is 0 Å². The number of hydrogen-bond acceptors (Lipinski definition) is 2. The lowest BCUT2D eigenvalue weighted by Gasteiger charge is -2.02. The van der Waals surface area contributed by atoms with E-state index in [0.717, 1.165) is 16.0 Å². The van der Waals surface area contributed by atoms with Crippen LogP contribution < -0.4 is 0 Å². The van der Waals surface area contributed by atoms with Gasteiger partial charge in [-0.1, -0.05) is 23.8 Å². The van der Waals surface area contributed by atoms with E-state index in [0.29, 0.717) is 0 Å². The first-order chi connectivity index (χ1) is 8.58. The van der Waals surface area contributed by atoms with Crippen LogP contribution in [-0.4, -0.2) is 5.78 Å². The maximum Gasteiger partial charge on any atom is 0.186 e. The van der Waals surface area contributed by atoms with Crippen LogP contribution in [-0.2, 0) is 0 Å². The molecule has 0 radical (unpaired) electrons. The molecular formula is C16H16OS. The lowest BCUT2D eigenvalue weighted by atomic mass is 10.0. The van der Waals surface area contributed by atoms with Crippen LogP contribution in [0.3, 0.4) is 0 Å². The van der Waals surface area contributed by atoms with E-state index in [9.17, 15) is 4.79 Å². The third-order valence-electron chi connectivity index (χ3n) is 2.94. The van der Waals surface area contributed by atoms with Crippen LogP contribution in [0.2, 0.25) is 0 Å². The molecule has 0 amide bonds. The van der Waals surface area contributed by atoms with Gasteiger partial charge in [0.05, 0.1) is 0 Å². The second kappa shape index (κ2) is 5.32. The van der Waals surface area contributed by atoms with E-state index in [2.05, 4.69) is 13.0 Å². The smallest absolute Gasteiger partial charge is 0.186 e. The lowest BCUT2D eigenvalue weighted by Crippen LogP contribution is -1.97.